The molecule has 1 atom stereocenters. The molecule has 1 heterocycles. The lowest BCUT2D eigenvalue weighted by Gasteiger charge is -2.17. The molecular weight excluding hydrogens is 320 g/mol. The highest BCUT2D eigenvalue weighted by molar-refractivity contribution is 5.99. The third-order valence-corrected chi connectivity index (χ3v) is 4.18. The minimum atomic E-state index is -0.228. The molecule has 25 heavy (non-hydrogen) atoms. The summed E-state index contributed by atoms with van der Waals surface area (Å²) in [6, 6.07) is 14.0. The van der Waals surface area contributed by atoms with Crippen molar-refractivity contribution in [3.63, 3.8) is 0 Å². The van der Waals surface area contributed by atoms with E-state index in [1.54, 1.807) is 43.4 Å². The zero-order valence-electron chi connectivity index (χ0n) is 14.2. The van der Waals surface area contributed by atoms with Crippen LogP contribution >= 0.6 is 0 Å². The van der Waals surface area contributed by atoms with Crippen molar-refractivity contribution in [2.24, 2.45) is 0 Å². The summed E-state index contributed by atoms with van der Waals surface area (Å²) in [5, 5.41) is 2.92. The average molecular weight is 340 g/mol. The molecule has 2 amide bonds. The summed E-state index contributed by atoms with van der Waals surface area (Å²) in [5.74, 6) is 1.13. The van der Waals surface area contributed by atoms with Gasteiger partial charge in [-0.3, -0.25) is 9.59 Å². The molecule has 0 aromatic heterocycles. The average Bonchev–Trinajstić information content (AvgIpc) is 3.02. The molecule has 2 aromatic rings. The van der Waals surface area contributed by atoms with E-state index in [0.29, 0.717) is 17.9 Å². The van der Waals surface area contributed by atoms with Gasteiger partial charge in [-0.1, -0.05) is 6.07 Å². The molecule has 1 saturated heterocycles. The zero-order valence-corrected chi connectivity index (χ0v) is 14.2. The Morgan fingerprint density at radius 1 is 1.08 bits per heavy atom. The van der Waals surface area contributed by atoms with E-state index in [4.69, 9.17) is 9.47 Å². The summed E-state index contributed by atoms with van der Waals surface area (Å²) >= 11 is 0. The number of benzene rings is 2. The van der Waals surface area contributed by atoms with Gasteiger partial charge in [0.1, 0.15) is 11.5 Å². The van der Waals surface area contributed by atoms with Gasteiger partial charge in [-0.2, -0.15) is 0 Å². The number of nitrogens with one attached hydrogen (secondary N) is 1. The first-order valence-corrected chi connectivity index (χ1v) is 8.00. The van der Waals surface area contributed by atoms with E-state index in [1.165, 1.54) is 0 Å². The Morgan fingerprint density at radius 2 is 1.80 bits per heavy atom. The van der Waals surface area contributed by atoms with E-state index in [2.05, 4.69) is 5.32 Å². The maximum Gasteiger partial charge on any atom is 0.251 e. The second kappa shape index (κ2) is 7.25. The third-order valence-electron chi connectivity index (χ3n) is 4.18. The Kier molecular flexibility index (Phi) is 4.88. The number of carbonyl (C=O) groups is 2. The summed E-state index contributed by atoms with van der Waals surface area (Å²) in [7, 11) is 3.15. The number of hydrogen-bond donors (Lipinski definition) is 1. The highest BCUT2D eigenvalue weighted by Gasteiger charge is 2.31. The molecule has 1 unspecified atom stereocenters. The number of ether oxygens (including phenoxy) is 2. The van der Waals surface area contributed by atoms with Crippen LogP contribution in [0.5, 0.6) is 11.5 Å². The van der Waals surface area contributed by atoms with Crippen molar-refractivity contribution in [3.05, 3.63) is 54.1 Å². The fourth-order valence-electron chi connectivity index (χ4n) is 2.85. The largest absolute Gasteiger partial charge is 0.497 e. The maximum atomic E-state index is 12.4. The molecule has 0 aliphatic carbocycles. The molecule has 0 spiro atoms. The molecule has 1 fully saturated rings. The van der Waals surface area contributed by atoms with Crippen LogP contribution in [-0.2, 0) is 4.79 Å². The summed E-state index contributed by atoms with van der Waals surface area (Å²) in [5.41, 5.74) is 1.30. The Morgan fingerprint density at radius 3 is 2.48 bits per heavy atom. The summed E-state index contributed by atoms with van der Waals surface area (Å²) in [6.45, 7) is 0.445. The smallest absolute Gasteiger partial charge is 0.251 e. The molecule has 6 nitrogen and oxygen atoms in total. The Balaban J connectivity index is 1.66. The van der Waals surface area contributed by atoms with Gasteiger partial charge in [0, 0.05) is 24.2 Å². The van der Waals surface area contributed by atoms with Crippen LogP contribution in [0.4, 0.5) is 5.69 Å². The second-order valence-corrected chi connectivity index (χ2v) is 5.81. The lowest BCUT2D eigenvalue weighted by Crippen LogP contribution is -2.37. The van der Waals surface area contributed by atoms with Gasteiger partial charge in [-0.25, -0.2) is 0 Å². The highest BCUT2D eigenvalue weighted by Crippen LogP contribution is 2.24. The number of amides is 2. The number of carbonyl (C=O) groups excluding carboxylic acids is 2. The normalized spacial score (nSPS) is 16.6. The maximum absolute atomic E-state index is 12.4. The van der Waals surface area contributed by atoms with Gasteiger partial charge in [0.25, 0.3) is 5.91 Å². The van der Waals surface area contributed by atoms with E-state index in [-0.39, 0.29) is 24.3 Å². The SMILES string of the molecule is COc1ccc(N2CC(NC(=O)c3cccc(OC)c3)CC2=O)cc1. The molecule has 3 rings (SSSR count). The van der Waals surface area contributed by atoms with Crippen LogP contribution in [-0.4, -0.2) is 38.6 Å². The van der Waals surface area contributed by atoms with E-state index in [9.17, 15) is 9.59 Å². The molecular formula is C19H20N2O4. The summed E-state index contributed by atoms with van der Waals surface area (Å²) in [4.78, 5) is 26.3. The fraction of sp³-hybridized carbons (Fsp3) is 0.263. The predicted molar refractivity (Wildman–Crippen MR) is 94.2 cm³/mol. The molecule has 2 aromatic carbocycles. The van der Waals surface area contributed by atoms with Crippen LogP contribution < -0.4 is 19.7 Å². The molecule has 0 radical (unpaired) electrons. The van der Waals surface area contributed by atoms with Crippen molar-refractivity contribution < 1.29 is 19.1 Å². The second-order valence-electron chi connectivity index (χ2n) is 5.81. The van der Waals surface area contributed by atoms with Crippen LogP contribution in [0, 0.1) is 0 Å². The lowest BCUT2D eigenvalue weighted by molar-refractivity contribution is -0.117. The molecule has 130 valence electrons. The van der Waals surface area contributed by atoms with Crippen LogP contribution in [0.25, 0.3) is 0 Å². The summed E-state index contributed by atoms with van der Waals surface area (Å²) < 4.78 is 10.3. The molecule has 0 bridgehead atoms. The van der Waals surface area contributed by atoms with Crippen LogP contribution in [0.15, 0.2) is 48.5 Å². The zero-order chi connectivity index (χ0) is 17.8. The van der Waals surface area contributed by atoms with Crippen LogP contribution in [0.1, 0.15) is 16.8 Å². The Hall–Kier alpha value is -3.02. The molecule has 1 aliphatic heterocycles. The standard InChI is InChI=1S/C19H20N2O4/c1-24-16-8-6-15(7-9-16)21-12-14(11-18(21)22)20-19(23)13-4-3-5-17(10-13)25-2/h3-10,14H,11-12H2,1-2H3,(H,20,23). The third kappa shape index (κ3) is 3.74. The van der Waals surface area contributed by atoms with Crippen LogP contribution in [0.2, 0.25) is 0 Å². The van der Waals surface area contributed by atoms with Gasteiger partial charge in [-0.05, 0) is 42.5 Å². The van der Waals surface area contributed by atoms with E-state index >= 15 is 0 Å². The number of anilines is 1. The molecule has 1 aliphatic rings. The lowest BCUT2D eigenvalue weighted by atomic mass is 10.1. The van der Waals surface area contributed by atoms with Gasteiger partial charge < -0.3 is 19.7 Å². The fourth-order valence-corrected chi connectivity index (χ4v) is 2.85. The van der Waals surface area contributed by atoms with Crippen molar-refractivity contribution in [1.29, 1.82) is 0 Å². The first-order valence-electron chi connectivity index (χ1n) is 8.00. The molecule has 0 saturated carbocycles. The van der Waals surface area contributed by atoms with Gasteiger partial charge in [0.05, 0.1) is 20.3 Å². The van der Waals surface area contributed by atoms with E-state index in [1.807, 2.05) is 24.3 Å². The first-order chi connectivity index (χ1) is 12.1. The minimum Gasteiger partial charge on any atom is -0.497 e. The summed E-state index contributed by atoms with van der Waals surface area (Å²) in [6.07, 6.45) is 0.280. The minimum absolute atomic E-state index is 0.0129. The first kappa shape index (κ1) is 16.8. The van der Waals surface area contributed by atoms with Crippen molar-refractivity contribution in [3.8, 4) is 11.5 Å². The van der Waals surface area contributed by atoms with Gasteiger partial charge in [-0.15, -0.1) is 0 Å². The molecule has 1 N–H and O–H groups in total. The van der Waals surface area contributed by atoms with Crippen molar-refractivity contribution >= 4 is 17.5 Å². The van der Waals surface area contributed by atoms with Crippen molar-refractivity contribution in [2.45, 2.75) is 12.5 Å². The van der Waals surface area contributed by atoms with Crippen molar-refractivity contribution in [1.82, 2.24) is 5.32 Å². The number of hydrogen-bond acceptors (Lipinski definition) is 4. The number of rotatable bonds is 5. The quantitative estimate of drug-likeness (QED) is 0.906. The number of nitrogens with zero attached hydrogens (tertiary/aromatic N) is 1. The van der Waals surface area contributed by atoms with Gasteiger partial charge in [0.2, 0.25) is 5.91 Å². The topological polar surface area (TPSA) is 67.9 Å². The van der Waals surface area contributed by atoms with Gasteiger partial charge >= 0.3 is 0 Å². The van der Waals surface area contributed by atoms with E-state index in [0.717, 1.165) is 11.4 Å². The van der Waals surface area contributed by atoms with Crippen LogP contribution in [0.3, 0.4) is 0 Å². The van der Waals surface area contributed by atoms with Crippen molar-refractivity contribution in [2.75, 3.05) is 25.7 Å². The highest BCUT2D eigenvalue weighted by atomic mass is 16.5. The number of methoxy groups -OCH3 is 2. The molecule has 6 heteroatoms. The van der Waals surface area contributed by atoms with Gasteiger partial charge in [0.15, 0.2) is 0 Å². The van der Waals surface area contributed by atoms with E-state index < -0.39 is 0 Å². The Labute approximate surface area is 146 Å². The Bertz CT molecular complexity index is 773. The predicted octanol–water partition coefficient (Wildman–Crippen LogP) is 2.24. The monoisotopic (exact) mass is 340 g/mol.